The number of aromatic nitrogens is 1. The Kier molecular flexibility index (Phi) is 6.38. The summed E-state index contributed by atoms with van der Waals surface area (Å²) < 4.78 is 10.3. The van der Waals surface area contributed by atoms with E-state index in [1.54, 1.807) is 30.5 Å². The zero-order valence-electron chi connectivity index (χ0n) is 12.4. The lowest BCUT2D eigenvalue weighted by atomic mass is 10.2. The number of hydrogen-bond acceptors (Lipinski definition) is 5. The molecule has 1 heterocycles. The van der Waals surface area contributed by atoms with Gasteiger partial charge >= 0.3 is 0 Å². The van der Waals surface area contributed by atoms with Crippen LogP contribution in [0.2, 0.25) is 10.0 Å². The number of rotatable bonds is 6. The van der Waals surface area contributed by atoms with Crippen molar-refractivity contribution in [3.8, 4) is 11.5 Å². The third kappa shape index (κ3) is 4.67. The minimum atomic E-state index is -0.226. The van der Waals surface area contributed by atoms with Crippen LogP contribution in [0.25, 0.3) is 0 Å². The van der Waals surface area contributed by atoms with Gasteiger partial charge in [0.05, 0.1) is 35.7 Å². The first-order valence-electron chi connectivity index (χ1n) is 6.50. The Hall–Kier alpha value is -1.63. The molecular formula is C15H14Cl2N2O3S. The van der Waals surface area contributed by atoms with E-state index in [1.165, 1.54) is 26.0 Å². The number of halogens is 2. The Labute approximate surface area is 148 Å². The van der Waals surface area contributed by atoms with Crippen molar-refractivity contribution in [2.24, 2.45) is 0 Å². The van der Waals surface area contributed by atoms with E-state index in [0.717, 1.165) is 0 Å². The van der Waals surface area contributed by atoms with Gasteiger partial charge in [0.25, 0.3) is 0 Å². The molecule has 0 saturated carbocycles. The van der Waals surface area contributed by atoms with Crippen LogP contribution in [0, 0.1) is 0 Å². The maximum absolute atomic E-state index is 12.1. The normalized spacial score (nSPS) is 10.3. The summed E-state index contributed by atoms with van der Waals surface area (Å²) in [6, 6.07) is 6.65. The van der Waals surface area contributed by atoms with E-state index in [-0.39, 0.29) is 11.7 Å². The fraction of sp³-hybridized carbons (Fsp3) is 0.200. The molecule has 1 aromatic carbocycles. The van der Waals surface area contributed by atoms with Gasteiger partial charge in [-0.1, -0.05) is 35.0 Å². The van der Waals surface area contributed by atoms with E-state index in [0.29, 0.717) is 32.3 Å². The van der Waals surface area contributed by atoms with E-state index in [4.69, 9.17) is 32.7 Å². The number of nitrogens with zero attached hydrogens (tertiary/aromatic N) is 1. The predicted molar refractivity (Wildman–Crippen MR) is 93.2 cm³/mol. The molecule has 1 aromatic heterocycles. The molecule has 0 fully saturated rings. The van der Waals surface area contributed by atoms with E-state index in [2.05, 4.69) is 10.3 Å². The first-order chi connectivity index (χ1) is 11.0. The Morgan fingerprint density at radius 1 is 1.22 bits per heavy atom. The number of amides is 1. The molecule has 0 aliphatic rings. The van der Waals surface area contributed by atoms with Gasteiger partial charge < -0.3 is 14.8 Å². The highest BCUT2D eigenvalue weighted by atomic mass is 35.5. The average molecular weight is 373 g/mol. The molecule has 0 unspecified atom stereocenters. The molecule has 1 amide bonds. The van der Waals surface area contributed by atoms with Crippen molar-refractivity contribution in [3.63, 3.8) is 0 Å². The quantitative estimate of drug-likeness (QED) is 0.772. The van der Waals surface area contributed by atoms with Crippen LogP contribution in [-0.2, 0) is 4.79 Å². The number of nitrogens with one attached hydrogen (secondary N) is 1. The monoisotopic (exact) mass is 372 g/mol. The van der Waals surface area contributed by atoms with Crippen molar-refractivity contribution in [1.82, 2.24) is 4.98 Å². The van der Waals surface area contributed by atoms with Gasteiger partial charge in [0.1, 0.15) is 16.5 Å². The van der Waals surface area contributed by atoms with Gasteiger partial charge in [-0.15, -0.1) is 0 Å². The largest absolute Gasteiger partial charge is 0.495 e. The van der Waals surface area contributed by atoms with Crippen LogP contribution in [0.1, 0.15) is 0 Å². The summed E-state index contributed by atoms with van der Waals surface area (Å²) in [5.74, 6) is 0.858. The summed E-state index contributed by atoms with van der Waals surface area (Å²) in [7, 11) is 3.01. The standard InChI is InChI=1S/C15H14Cl2N2O3S/c1-21-12-7-13(22-2)11(6-10(12)17)19-14(20)8-23-15-9(16)4-3-5-18-15/h3-7H,8H2,1-2H3,(H,19,20). The summed E-state index contributed by atoms with van der Waals surface area (Å²) in [4.78, 5) is 16.2. The van der Waals surface area contributed by atoms with Crippen molar-refractivity contribution in [1.29, 1.82) is 0 Å². The molecule has 0 bridgehead atoms. The minimum absolute atomic E-state index is 0.156. The molecule has 0 radical (unpaired) electrons. The zero-order valence-corrected chi connectivity index (χ0v) is 14.8. The summed E-state index contributed by atoms with van der Waals surface area (Å²) >= 11 is 13.3. The molecule has 0 spiro atoms. The SMILES string of the molecule is COc1cc(OC)c(NC(=O)CSc2ncccc2Cl)cc1Cl. The molecule has 122 valence electrons. The van der Waals surface area contributed by atoms with Crippen molar-refractivity contribution in [2.75, 3.05) is 25.3 Å². The molecule has 0 aliphatic heterocycles. The number of anilines is 1. The van der Waals surface area contributed by atoms with Crippen LogP contribution < -0.4 is 14.8 Å². The maximum atomic E-state index is 12.1. The minimum Gasteiger partial charge on any atom is -0.495 e. The summed E-state index contributed by atoms with van der Waals surface area (Å²) in [5, 5.41) is 4.24. The summed E-state index contributed by atoms with van der Waals surface area (Å²) in [6.45, 7) is 0. The van der Waals surface area contributed by atoms with Crippen LogP contribution in [-0.4, -0.2) is 30.9 Å². The molecule has 1 N–H and O–H groups in total. The lowest BCUT2D eigenvalue weighted by Crippen LogP contribution is -2.15. The van der Waals surface area contributed by atoms with Gasteiger partial charge in [0.2, 0.25) is 5.91 Å². The Morgan fingerprint density at radius 2 is 1.96 bits per heavy atom. The molecule has 0 saturated heterocycles. The highest BCUT2D eigenvalue weighted by molar-refractivity contribution is 8.00. The molecule has 23 heavy (non-hydrogen) atoms. The Morgan fingerprint density at radius 3 is 2.61 bits per heavy atom. The highest BCUT2D eigenvalue weighted by Gasteiger charge is 2.13. The maximum Gasteiger partial charge on any atom is 0.234 e. The second-order valence-electron chi connectivity index (χ2n) is 4.31. The predicted octanol–water partition coefficient (Wildman–Crippen LogP) is 4.14. The number of carbonyl (C=O) groups is 1. The number of hydrogen-bond donors (Lipinski definition) is 1. The Bertz CT molecular complexity index is 713. The number of ether oxygens (including phenoxy) is 2. The van der Waals surface area contributed by atoms with E-state index >= 15 is 0 Å². The molecule has 2 aromatic rings. The zero-order chi connectivity index (χ0) is 16.8. The van der Waals surface area contributed by atoms with Crippen molar-refractivity contribution in [3.05, 3.63) is 40.5 Å². The highest BCUT2D eigenvalue weighted by Crippen LogP contribution is 2.36. The summed E-state index contributed by atoms with van der Waals surface area (Å²) in [6.07, 6.45) is 1.62. The number of methoxy groups -OCH3 is 2. The van der Waals surface area contributed by atoms with Crippen molar-refractivity contribution >= 4 is 46.6 Å². The van der Waals surface area contributed by atoms with Gasteiger partial charge in [-0.3, -0.25) is 4.79 Å². The van der Waals surface area contributed by atoms with E-state index < -0.39 is 0 Å². The summed E-state index contributed by atoms with van der Waals surface area (Å²) in [5.41, 5.74) is 0.469. The van der Waals surface area contributed by atoms with Gasteiger partial charge in [0.15, 0.2) is 0 Å². The molecular weight excluding hydrogens is 359 g/mol. The van der Waals surface area contributed by atoms with E-state index in [9.17, 15) is 4.79 Å². The van der Waals surface area contributed by atoms with Crippen LogP contribution in [0.4, 0.5) is 5.69 Å². The van der Waals surface area contributed by atoms with Gasteiger partial charge in [-0.25, -0.2) is 4.98 Å². The second kappa shape index (κ2) is 8.29. The van der Waals surface area contributed by atoms with Crippen molar-refractivity contribution < 1.29 is 14.3 Å². The third-order valence-electron chi connectivity index (χ3n) is 2.81. The first-order valence-corrected chi connectivity index (χ1v) is 8.24. The molecule has 0 aliphatic carbocycles. The average Bonchev–Trinajstić information content (AvgIpc) is 2.54. The lowest BCUT2D eigenvalue weighted by Gasteiger charge is -2.13. The topological polar surface area (TPSA) is 60.5 Å². The third-order valence-corrected chi connectivity index (χ3v) is 4.53. The van der Waals surface area contributed by atoms with Crippen molar-refractivity contribution in [2.45, 2.75) is 5.03 Å². The number of pyridine rings is 1. The van der Waals surface area contributed by atoms with Gasteiger partial charge in [-0.2, -0.15) is 0 Å². The van der Waals surface area contributed by atoms with Crippen LogP contribution >= 0.6 is 35.0 Å². The van der Waals surface area contributed by atoms with Gasteiger partial charge in [0, 0.05) is 12.3 Å². The first kappa shape index (κ1) is 17.7. The molecule has 8 heteroatoms. The molecule has 2 rings (SSSR count). The number of thioether (sulfide) groups is 1. The van der Waals surface area contributed by atoms with Crippen LogP contribution in [0.15, 0.2) is 35.5 Å². The molecule has 0 atom stereocenters. The van der Waals surface area contributed by atoms with E-state index in [1.807, 2.05) is 0 Å². The smallest absolute Gasteiger partial charge is 0.234 e. The number of carbonyl (C=O) groups excluding carboxylic acids is 1. The lowest BCUT2D eigenvalue weighted by molar-refractivity contribution is -0.113. The number of benzene rings is 1. The molecule has 5 nitrogen and oxygen atoms in total. The van der Waals surface area contributed by atoms with Crippen LogP contribution in [0.3, 0.4) is 0 Å². The fourth-order valence-electron chi connectivity index (χ4n) is 1.76. The Balaban J connectivity index is 2.05. The van der Waals surface area contributed by atoms with Gasteiger partial charge in [-0.05, 0) is 18.2 Å². The second-order valence-corrected chi connectivity index (χ2v) is 6.09. The fourth-order valence-corrected chi connectivity index (χ4v) is 2.96. The van der Waals surface area contributed by atoms with Crippen LogP contribution in [0.5, 0.6) is 11.5 Å².